The van der Waals surface area contributed by atoms with E-state index in [2.05, 4.69) is 6.92 Å². The van der Waals surface area contributed by atoms with Gasteiger partial charge in [-0.3, -0.25) is 0 Å². The highest BCUT2D eigenvalue weighted by atomic mass is 19.1. The lowest BCUT2D eigenvalue weighted by Crippen LogP contribution is -2.32. The number of rotatable bonds is 4. The Morgan fingerprint density at radius 1 is 1.50 bits per heavy atom. The zero-order valence-electron chi connectivity index (χ0n) is 11.6. The molecule has 1 saturated carbocycles. The molecule has 0 aliphatic heterocycles. The molecule has 3 heteroatoms. The van der Waals surface area contributed by atoms with Crippen LogP contribution in [-0.2, 0) is 11.8 Å². The second-order valence-corrected chi connectivity index (χ2v) is 5.34. The summed E-state index contributed by atoms with van der Waals surface area (Å²) in [5.74, 6) is 0.505. The Labute approximate surface area is 108 Å². The first-order valence-corrected chi connectivity index (χ1v) is 6.60. The quantitative estimate of drug-likeness (QED) is 0.892. The Bertz CT molecular complexity index is 464. The lowest BCUT2D eigenvalue weighted by Gasteiger charge is -2.25. The van der Waals surface area contributed by atoms with E-state index < -0.39 is 0 Å². The maximum absolute atomic E-state index is 14.0. The molecule has 0 spiro atoms. The van der Waals surface area contributed by atoms with Gasteiger partial charge in [-0.2, -0.15) is 0 Å². The highest BCUT2D eigenvalue weighted by molar-refractivity contribution is 5.52. The predicted molar refractivity (Wildman–Crippen MR) is 71.6 cm³/mol. The van der Waals surface area contributed by atoms with Crippen molar-refractivity contribution in [3.05, 3.63) is 28.6 Å². The highest BCUT2D eigenvalue weighted by Crippen LogP contribution is 2.53. The fourth-order valence-corrected chi connectivity index (χ4v) is 2.96. The molecule has 1 aliphatic carbocycles. The first-order valence-electron chi connectivity index (χ1n) is 6.60. The van der Waals surface area contributed by atoms with Gasteiger partial charge in [0.05, 0.1) is 7.11 Å². The number of ether oxygens (including phenoxy) is 1. The van der Waals surface area contributed by atoms with E-state index in [0.717, 1.165) is 30.4 Å². The zero-order chi connectivity index (χ0) is 13.5. The van der Waals surface area contributed by atoms with Crippen LogP contribution in [0.3, 0.4) is 0 Å². The Balaban J connectivity index is 2.64. The lowest BCUT2D eigenvalue weighted by molar-refractivity contribution is 0.399. The molecular weight excluding hydrogens is 229 g/mol. The Kier molecular flexibility index (Phi) is 3.37. The topological polar surface area (TPSA) is 35.2 Å². The molecule has 0 aromatic heterocycles. The van der Waals surface area contributed by atoms with Crippen LogP contribution in [0, 0.1) is 12.7 Å². The summed E-state index contributed by atoms with van der Waals surface area (Å²) in [5, 5.41) is 0. The fraction of sp³-hybridized carbons (Fsp3) is 0.600. The highest BCUT2D eigenvalue weighted by Gasteiger charge is 2.49. The molecule has 0 saturated heterocycles. The van der Waals surface area contributed by atoms with Crippen LogP contribution in [0.4, 0.5) is 4.39 Å². The van der Waals surface area contributed by atoms with E-state index in [1.54, 1.807) is 20.1 Å². The zero-order valence-corrected chi connectivity index (χ0v) is 11.6. The molecule has 18 heavy (non-hydrogen) atoms. The van der Waals surface area contributed by atoms with E-state index >= 15 is 0 Å². The van der Waals surface area contributed by atoms with Crippen LogP contribution in [0.2, 0.25) is 0 Å². The summed E-state index contributed by atoms with van der Waals surface area (Å²) < 4.78 is 19.5. The molecule has 1 fully saturated rings. The summed E-state index contributed by atoms with van der Waals surface area (Å²) in [4.78, 5) is 0. The summed E-state index contributed by atoms with van der Waals surface area (Å²) in [5.41, 5.74) is 8.84. The van der Waals surface area contributed by atoms with Gasteiger partial charge in [0.25, 0.3) is 0 Å². The van der Waals surface area contributed by atoms with Crippen LogP contribution < -0.4 is 10.5 Å². The Hall–Kier alpha value is -1.09. The Morgan fingerprint density at radius 3 is 2.50 bits per heavy atom. The maximum Gasteiger partial charge on any atom is 0.130 e. The second kappa shape index (κ2) is 4.54. The van der Waals surface area contributed by atoms with Crippen molar-refractivity contribution in [2.75, 3.05) is 7.11 Å². The average molecular weight is 251 g/mol. The van der Waals surface area contributed by atoms with Crippen molar-refractivity contribution in [2.24, 2.45) is 5.73 Å². The van der Waals surface area contributed by atoms with E-state index in [-0.39, 0.29) is 17.3 Å². The van der Waals surface area contributed by atoms with Crippen molar-refractivity contribution in [2.45, 2.75) is 51.5 Å². The molecule has 1 aromatic carbocycles. The lowest BCUT2D eigenvalue weighted by atomic mass is 9.84. The van der Waals surface area contributed by atoms with Crippen LogP contribution in [0.5, 0.6) is 5.75 Å². The first kappa shape index (κ1) is 13.3. The van der Waals surface area contributed by atoms with E-state index in [9.17, 15) is 4.39 Å². The van der Waals surface area contributed by atoms with Crippen LogP contribution in [0.25, 0.3) is 0 Å². The standard InChI is InChI=1S/C15H22FNO/c1-5-11-12(15(6-7-15)10(3)17)8-13(16)9(2)14(11)18-4/h8,10H,5-7,17H2,1-4H3. The van der Waals surface area contributed by atoms with Gasteiger partial charge >= 0.3 is 0 Å². The van der Waals surface area contributed by atoms with Gasteiger partial charge in [0.1, 0.15) is 11.6 Å². The molecule has 0 heterocycles. The molecule has 100 valence electrons. The van der Waals surface area contributed by atoms with Gasteiger partial charge in [0, 0.05) is 17.0 Å². The van der Waals surface area contributed by atoms with E-state index in [0.29, 0.717) is 11.3 Å². The third-order valence-electron chi connectivity index (χ3n) is 4.32. The van der Waals surface area contributed by atoms with Crippen molar-refractivity contribution in [3.63, 3.8) is 0 Å². The number of methoxy groups -OCH3 is 1. The molecule has 2 nitrogen and oxygen atoms in total. The minimum absolute atomic E-state index is 0.0346. The normalized spacial score (nSPS) is 18.6. The molecule has 1 unspecified atom stereocenters. The van der Waals surface area contributed by atoms with Crippen molar-refractivity contribution < 1.29 is 9.13 Å². The number of benzene rings is 1. The van der Waals surface area contributed by atoms with Gasteiger partial charge < -0.3 is 10.5 Å². The van der Waals surface area contributed by atoms with Gasteiger partial charge in [0.15, 0.2) is 0 Å². The van der Waals surface area contributed by atoms with Gasteiger partial charge in [-0.05, 0) is 50.3 Å². The second-order valence-electron chi connectivity index (χ2n) is 5.34. The first-order chi connectivity index (χ1) is 8.47. The molecule has 0 bridgehead atoms. The van der Waals surface area contributed by atoms with Crippen LogP contribution in [0.15, 0.2) is 6.07 Å². The van der Waals surface area contributed by atoms with E-state index in [1.807, 2.05) is 6.92 Å². The van der Waals surface area contributed by atoms with Crippen molar-refractivity contribution in [3.8, 4) is 5.75 Å². The molecule has 0 radical (unpaired) electrons. The van der Waals surface area contributed by atoms with Crippen LogP contribution >= 0.6 is 0 Å². The van der Waals surface area contributed by atoms with Crippen LogP contribution in [0.1, 0.15) is 43.4 Å². The number of halogens is 1. The molecule has 1 atom stereocenters. The van der Waals surface area contributed by atoms with Gasteiger partial charge in [0.2, 0.25) is 0 Å². The van der Waals surface area contributed by atoms with E-state index in [1.165, 1.54) is 0 Å². The molecule has 1 aromatic rings. The Morgan fingerprint density at radius 2 is 2.11 bits per heavy atom. The molecule has 0 amide bonds. The van der Waals surface area contributed by atoms with Gasteiger partial charge in [-0.15, -0.1) is 0 Å². The number of hydrogen-bond acceptors (Lipinski definition) is 2. The summed E-state index contributed by atoms with van der Waals surface area (Å²) in [6.45, 7) is 5.86. The van der Waals surface area contributed by atoms with Crippen molar-refractivity contribution in [1.29, 1.82) is 0 Å². The average Bonchev–Trinajstić information content (AvgIpc) is 3.13. The predicted octanol–water partition coefficient (Wildman–Crippen LogP) is 3.08. The molecule has 2 rings (SSSR count). The summed E-state index contributed by atoms with van der Waals surface area (Å²) in [7, 11) is 1.61. The van der Waals surface area contributed by atoms with E-state index in [4.69, 9.17) is 10.5 Å². The summed E-state index contributed by atoms with van der Waals surface area (Å²) >= 11 is 0. The minimum atomic E-state index is -0.189. The maximum atomic E-state index is 14.0. The van der Waals surface area contributed by atoms with Crippen molar-refractivity contribution in [1.82, 2.24) is 0 Å². The molecule has 1 aliphatic rings. The summed E-state index contributed by atoms with van der Waals surface area (Å²) in [6.07, 6.45) is 2.93. The van der Waals surface area contributed by atoms with Gasteiger partial charge in [-0.25, -0.2) is 4.39 Å². The molecular formula is C15H22FNO. The van der Waals surface area contributed by atoms with Gasteiger partial charge in [-0.1, -0.05) is 6.92 Å². The largest absolute Gasteiger partial charge is 0.496 e. The minimum Gasteiger partial charge on any atom is -0.496 e. The SMILES string of the molecule is CCc1c(C2(C(C)N)CC2)cc(F)c(C)c1OC. The third-order valence-corrected chi connectivity index (χ3v) is 4.32. The number of nitrogens with two attached hydrogens (primary N) is 1. The summed E-state index contributed by atoms with van der Waals surface area (Å²) in [6, 6.07) is 1.72. The number of hydrogen-bond donors (Lipinski definition) is 1. The third kappa shape index (κ3) is 1.81. The monoisotopic (exact) mass is 251 g/mol. The smallest absolute Gasteiger partial charge is 0.130 e. The van der Waals surface area contributed by atoms with Crippen LogP contribution in [-0.4, -0.2) is 13.2 Å². The fourth-order valence-electron chi connectivity index (χ4n) is 2.96. The molecule has 2 N–H and O–H groups in total. The van der Waals surface area contributed by atoms with Crippen molar-refractivity contribution >= 4 is 0 Å².